The lowest BCUT2D eigenvalue weighted by molar-refractivity contribution is 0.0729. The Kier molecular flexibility index (Phi) is 8.09. The van der Waals surface area contributed by atoms with E-state index in [-0.39, 0.29) is 17.2 Å². The molecular weight excluding hydrogens is 411 g/mol. The van der Waals surface area contributed by atoms with Gasteiger partial charge in [0.2, 0.25) is 0 Å². The van der Waals surface area contributed by atoms with Crippen molar-refractivity contribution in [3.8, 4) is 11.5 Å². The lowest BCUT2D eigenvalue weighted by Gasteiger charge is -2.06. The first-order chi connectivity index (χ1) is 15.6. The normalized spacial score (nSPS) is 10.7. The van der Waals surface area contributed by atoms with Crippen LogP contribution in [0.15, 0.2) is 77.9 Å². The van der Waals surface area contributed by atoms with Crippen molar-refractivity contribution in [3.63, 3.8) is 0 Å². The Morgan fingerprint density at radius 2 is 1.66 bits per heavy atom. The summed E-state index contributed by atoms with van der Waals surface area (Å²) in [6.07, 6.45) is 3.49. The Bertz CT molecular complexity index is 1080. The molecule has 1 N–H and O–H groups in total. The lowest BCUT2D eigenvalue weighted by Crippen LogP contribution is -2.17. The summed E-state index contributed by atoms with van der Waals surface area (Å²) >= 11 is 0. The fourth-order valence-corrected chi connectivity index (χ4v) is 2.68. The molecule has 0 saturated carbocycles. The molecule has 3 aromatic rings. The van der Waals surface area contributed by atoms with Gasteiger partial charge in [-0.2, -0.15) is 5.10 Å². The molecule has 1 amide bonds. The molecule has 0 heterocycles. The first kappa shape index (κ1) is 22.7. The highest BCUT2D eigenvalue weighted by Gasteiger charge is 2.13. The van der Waals surface area contributed by atoms with Crippen LogP contribution in [0, 0.1) is 5.82 Å². The zero-order valence-electron chi connectivity index (χ0n) is 17.6. The third-order valence-corrected chi connectivity index (χ3v) is 4.45. The van der Waals surface area contributed by atoms with Crippen LogP contribution in [0.1, 0.15) is 46.0 Å². The number of carbonyl (C=O) groups excluding carboxylic acids is 2. The van der Waals surface area contributed by atoms with Crippen molar-refractivity contribution in [2.75, 3.05) is 6.61 Å². The lowest BCUT2D eigenvalue weighted by atomic mass is 10.2. The van der Waals surface area contributed by atoms with Crippen LogP contribution in [0.2, 0.25) is 0 Å². The van der Waals surface area contributed by atoms with Gasteiger partial charge >= 0.3 is 5.97 Å². The molecule has 0 saturated heterocycles. The number of nitrogens with one attached hydrogen (secondary N) is 1. The average Bonchev–Trinajstić information content (AvgIpc) is 2.81. The number of benzene rings is 3. The van der Waals surface area contributed by atoms with Gasteiger partial charge in [-0.1, -0.05) is 25.5 Å². The number of hydrogen-bond acceptors (Lipinski definition) is 5. The summed E-state index contributed by atoms with van der Waals surface area (Å²) in [5.74, 6) is -0.791. The van der Waals surface area contributed by atoms with E-state index in [2.05, 4.69) is 17.5 Å². The summed E-state index contributed by atoms with van der Waals surface area (Å²) in [6, 6.07) is 18.9. The first-order valence-corrected chi connectivity index (χ1v) is 10.2. The van der Waals surface area contributed by atoms with Crippen molar-refractivity contribution >= 4 is 18.1 Å². The number of ether oxygens (including phenoxy) is 2. The number of amides is 1. The molecule has 32 heavy (non-hydrogen) atoms. The molecule has 0 aliphatic carbocycles. The SMILES string of the molecule is CCCCOc1ccc(C(=O)NN=Cc2ccc(OC(=O)c3ccccc3F)cc2)cc1. The largest absolute Gasteiger partial charge is 0.494 e. The molecule has 3 rings (SSSR count). The van der Waals surface area contributed by atoms with Crippen LogP contribution < -0.4 is 14.9 Å². The van der Waals surface area contributed by atoms with Gasteiger partial charge in [-0.05, 0) is 72.6 Å². The average molecular weight is 434 g/mol. The van der Waals surface area contributed by atoms with Crippen molar-refractivity contribution < 1.29 is 23.5 Å². The second kappa shape index (κ2) is 11.4. The van der Waals surface area contributed by atoms with Gasteiger partial charge in [0.25, 0.3) is 5.91 Å². The minimum atomic E-state index is -0.779. The van der Waals surface area contributed by atoms with E-state index in [0.717, 1.165) is 12.8 Å². The predicted octanol–water partition coefficient (Wildman–Crippen LogP) is 4.99. The Morgan fingerprint density at radius 1 is 0.969 bits per heavy atom. The van der Waals surface area contributed by atoms with E-state index in [1.165, 1.54) is 24.4 Å². The van der Waals surface area contributed by atoms with Gasteiger partial charge in [-0.3, -0.25) is 4.79 Å². The van der Waals surface area contributed by atoms with Crippen molar-refractivity contribution in [3.05, 3.63) is 95.3 Å². The number of unbranched alkanes of at least 4 members (excludes halogenated alkanes) is 1. The molecule has 0 atom stereocenters. The molecule has 3 aromatic carbocycles. The summed E-state index contributed by atoms with van der Waals surface area (Å²) in [5.41, 5.74) is 3.45. The quantitative estimate of drug-likeness (QED) is 0.169. The highest BCUT2D eigenvalue weighted by Crippen LogP contribution is 2.15. The number of halogens is 1. The molecule has 0 aromatic heterocycles. The number of esters is 1. The van der Waals surface area contributed by atoms with Gasteiger partial charge in [-0.15, -0.1) is 0 Å². The van der Waals surface area contributed by atoms with Gasteiger partial charge in [-0.25, -0.2) is 14.6 Å². The van der Waals surface area contributed by atoms with E-state index in [1.807, 2.05) is 0 Å². The fraction of sp³-hybridized carbons (Fsp3) is 0.160. The molecule has 0 spiro atoms. The van der Waals surface area contributed by atoms with E-state index in [1.54, 1.807) is 54.6 Å². The molecule has 164 valence electrons. The standard InChI is InChI=1S/C25H23FN2O4/c1-2-3-16-31-20-14-10-19(11-15-20)24(29)28-27-17-18-8-12-21(13-9-18)32-25(30)22-6-4-5-7-23(22)26/h4-15,17H,2-3,16H2,1H3,(H,28,29). The Hall–Kier alpha value is -4.00. The smallest absolute Gasteiger partial charge is 0.346 e. The van der Waals surface area contributed by atoms with Crippen LogP contribution in [0.25, 0.3) is 0 Å². The highest BCUT2D eigenvalue weighted by atomic mass is 19.1. The van der Waals surface area contributed by atoms with Gasteiger partial charge in [0.1, 0.15) is 17.3 Å². The second-order valence-corrected chi connectivity index (χ2v) is 6.86. The fourth-order valence-electron chi connectivity index (χ4n) is 2.68. The van der Waals surface area contributed by atoms with Crippen LogP contribution >= 0.6 is 0 Å². The molecule has 0 aliphatic rings. The third-order valence-electron chi connectivity index (χ3n) is 4.45. The molecule has 0 radical (unpaired) electrons. The van der Waals surface area contributed by atoms with Gasteiger partial charge < -0.3 is 9.47 Å². The second-order valence-electron chi connectivity index (χ2n) is 6.86. The van der Waals surface area contributed by atoms with Crippen LogP contribution in [0.3, 0.4) is 0 Å². The summed E-state index contributed by atoms with van der Waals surface area (Å²) in [5, 5.41) is 3.94. The Morgan fingerprint density at radius 3 is 2.34 bits per heavy atom. The summed E-state index contributed by atoms with van der Waals surface area (Å²) in [6.45, 7) is 2.74. The van der Waals surface area contributed by atoms with E-state index >= 15 is 0 Å². The number of hydrazone groups is 1. The topological polar surface area (TPSA) is 77.0 Å². The van der Waals surface area contributed by atoms with Crippen molar-refractivity contribution in [1.29, 1.82) is 0 Å². The van der Waals surface area contributed by atoms with Crippen molar-refractivity contribution in [2.24, 2.45) is 5.10 Å². The zero-order valence-corrected chi connectivity index (χ0v) is 17.6. The highest BCUT2D eigenvalue weighted by molar-refractivity contribution is 5.95. The van der Waals surface area contributed by atoms with Gasteiger partial charge in [0.05, 0.1) is 18.4 Å². The van der Waals surface area contributed by atoms with E-state index in [0.29, 0.717) is 23.5 Å². The summed E-state index contributed by atoms with van der Waals surface area (Å²) in [4.78, 5) is 24.2. The molecule has 0 unspecified atom stereocenters. The van der Waals surface area contributed by atoms with E-state index < -0.39 is 11.8 Å². The van der Waals surface area contributed by atoms with Crippen LogP contribution in [0.5, 0.6) is 11.5 Å². The molecule has 0 aliphatic heterocycles. The molecule has 6 nitrogen and oxygen atoms in total. The maximum Gasteiger partial charge on any atom is 0.346 e. The summed E-state index contributed by atoms with van der Waals surface area (Å²) < 4.78 is 24.4. The maximum atomic E-state index is 13.7. The monoisotopic (exact) mass is 434 g/mol. The van der Waals surface area contributed by atoms with Crippen molar-refractivity contribution in [2.45, 2.75) is 19.8 Å². The minimum absolute atomic E-state index is 0.138. The Labute approximate surface area is 185 Å². The molecule has 0 bridgehead atoms. The molecule has 0 fully saturated rings. The van der Waals surface area contributed by atoms with Gasteiger partial charge in [0.15, 0.2) is 0 Å². The Balaban J connectivity index is 1.50. The number of hydrogen-bond donors (Lipinski definition) is 1. The van der Waals surface area contributed by atoms with Crippen LogP contribution in [-0.2, 0) is 0 Å². The third kappa shape index (κ3) is 6.50. The number of rotatable bonds is 9. The summed E-state index contributed by atoms with van der Waals surface area (Å²) in [7, 11) is 0. The number of nitrogens with zero attached hydrogens (tertiary/aromatic N) is 1. The first-order valence-electron chi connectivity index (χ1n) is 10.2. The van der Waals surface area contributed by atoms with E-state index in [4.69, 9.17) is 9.47 Å². The maximum absolute atomic E-state index is 13.7. The minimum Gasteiger partial charge on any atom is -0.494 e. The molecular formula is C25H23FN2O4. The van der Waals surface area contributed by atoms with Gasteiger partial charge in [0, 0.05) is 5.56 Å². The predicted molar refractivity (Wildman–Crippen MR) is 120 cm³/mol. The molecule has 7 heteroatoms. The van der Waals surface area contributed by atoms with Crippen LogP contribution in [0.4, 0.5) is 4.39 Å². The van der Waals surface area contributed by atoms with Crippen molar-refractivity contribution in [1.82, 2.24) is 5.43 Å². The van der Waals surface area contributed by atoms with Crippen LogP contribution in [-0.4, -0.2) is 24.7 Å². The zero-order chi connectivity index (χ0) is 22.8. The number of carbonyl (C=O) groups is 2. The van der Waals surface area contributed by atoms with E-state index in [9.17, 15) is 14.0 Å².